The first-order valence-corrected chi connectivity index (χ1v) is 8.40. The third kappa shape index (κ3) is 3.80. The summed E-state index contributed by atoms with van der Waals surface area (Å²) < 4.78 is 2.08. The number of aryl methyl sites for hydroxylation is 1. The van der Waals surface area contributed by atoms with E-state index in [1.165, 1.54) is 25.0 Å². The molecule has 0 saturated carbocycles. The van der Waals surface area contributed by atoms with E-state index in [1.54, 1.807) is 0 Å². The lowest BCUT2D eigenvalue weighted by molar-refractivity contribution is 0.597. The predicted octanol–water partition coefficient (Wildman–Crippen LogP) is 4.20. The van der Waals surface area contributed by atoms with Gasteiger partial charge >= 0.3 is 0 Å². The minimum absolute atomic E-state index is 0.585. The molecule has 0 aliphatic heterocycles. The number of halogens is 1. The average molecular weight is 298 g/mol. The van der Waals surface area contributed by atoms with E-state index >= 15 is 0 Å². The summed E-state index contributed by atoms with van der Waals surface area (Å²) in [6.45, 7) is 0.934. The summed E-state index contributed by atoms with van der Waals surface area (Å²) in [6.07, 6.45) is 7.14. The fraction of sp³-hybridized carbons (Fsp3) is 0.500. The van der Waals surface area contributed by atoms with Gasteiger partial charge in [0.15, 0.2) is 0 Å². The molecule has 0 radical (unpaired) electrons. The van der Waals surface area contributed by atoms with Crippen LogP contribution in [0.1, 0.15) is 25.7 Å². The van der Waals surface area contributed by atoms with Gasteiger partial charge in [-0.15, -0.1) is 0 Å². The zero-order valence-electron chi connectivity index (χ0n) is 11.2. The minimum atomic E-state index is 0.585. The Hall–Kier alpha value is -0.870. The monoisotopic (exact) mass is 297 g/mol. The molecule has 0 saturated heterocycles. The van der Waals surface area contributed by atoms with E-state index in [4.69, 9.17) is 17.3 Å². The Labute approximate surface area is 123 Å². The lowest BCUT2D eigenvalue weighted by Crippen LogP contribution is -2.03. The van der Waals surface area contributed by atoms with Gasteiger partial charge in [0.1, 0.15) is 0 Å². The molecule has 0 spiro atoms. The number of fused-ring (bicyclic) bond motifs is 1. The van der Waals surface area contributed by atoms with Gasteiger partial charge in [-0.05, 0) is 43.0 Å². The highest BCUT2D eigenvalue weighted by molar-refractivity contribution is 7.98. The maximum Gasteiger partial charge on any atom is 0.201 e. The number of nitrogens with zero attached hydrogens (tertiary/aromatic N) is 2. The van der Waals surface area contributed by atoms with Gasteiger partial charge in [0, 0.05) is 11.6 Å². The Balaban J connectivity index is 1.95. The maximum absolute atomic E-state index is 5.97. The van der Waals surface area contributed by atoms with Gasteiger partial charge in [0.05, 0.1) is 11.0 Å². The number of benzene rings is 1. The molecule has 0 atom stereocenters. The number of aromatic nitrogens is 2. The van der Waals surface area contributed by atoms with Gasteiger partial charge in [-0.2, -0.15) is 11.8 Å². The van der Waals surface area contributed by atoms with Crippen LogP contribution in [0.15, 0.2) is 18.2 Å². The number of nitrogens with two attached hydrogens (primary N) is 1. The normalized spacial score (nSPS) is 11.3. The molecule has 1 aromatic heterocycles. The first-order chi connectivity index (χ1) is 9.22. The molecule has 0 unspecified atom stereocenters. The Morgan fingerprint density at radius 1 is 1.26 bits per heavy atom. The molecule has 1 aromatic carbocycles. The van der Waals surface area contributed by atoms with Gasteiger partial charge in [-0.25, -0.2) is 4.98 Å². The Morgan fingerprint density at radius 2 is 2.05 bits per heavy atom. The number of thioether (sulfide) groups is 1. The topological polar surface area (TPSA) is 43.8 Å². The van der Waals surface area contributed by atoms with Crippen LogP contribution in [-0.4, -0.2) is 21.6 Å². The Bertz CT molecular complexity index is 539. The van der Waals surface area contributed by atoms with Crippen molar-refractivity contribution in [1.82, 2.24) is 9.55 Å². The van der Waals surface area contributed by atoms with E-state index in [1.807, 2.05) is 30.0 Å². The van der Waals surface area contributed by atoms with Crippen LogP contribution in [-0.2, 0) is 6.54 Å². The summed E-state index contributed by atoms with van der Waals surface area (Å²) >= 11 is 7.88. The van der Waals surface area contributed by atoms with Crippen LogP contribution >= 0.6 is 23.4 Å². The maximum atomic E-state index is 5.97. The van der Waals surface area contributed by atoms with Gasteiger partial charge in [0.25, 0.3) is 0 Å². The summed E-state index contributed by atoms with van der Waals surface area (Å²) in [7, 11) is 0. The van der Waals surface area contributed by atoms with Crippen LogP contribution < -0.4 is 5.73 Å². The standard InChI is InChI=1S/C14H20ClN3S/c1-19-9-5-3-2-4-8-18-13-7-6-11(15)10-12(13)17-14(18)16/h6-7,10H,2-5,8-9H2,1H3,(H2,16,17). The van der Waals surface area contributed by atoms with Crippen LogP contribution in [0, 0.1) is 0 Å². The molecule has 0 aliphatic rings. The fourth-order valence-electron chi connectivity index (χ4n) is 2.23. The van der Waals surface area contributed by atoms with E-state index in [0.717, 1.165) is 24.0 Å². The second-order valence-corrected chi connectivity index (χ2v) is 6.08. The smallest absolute Gasteiger partial charge is 0.201 e. The van der Waals surface area contributed by atoms with Crippen molar-refractivity contribution in [3.8, 4) is 0 Å². The van der Waals surface area contributed by atoms with Crippen molar-refractivity contribution < 1.29 is 0 Å². The van der Waals surface area contributed by atoms with E-state index in [9.17, 15) is 0 Å². The molecule has 0 fully saturated rings. The first-order valence-electron chi connectivity index (χ1n) is 6.62. The molecule has 2 aromatic rings. The predicted molar refractivity (Wildman–Crippen MR) is 86.0 cm³/mol. The zero-order valence-corrected chi connectivity index (χ0v) is 12.8. The van der Waals surface area contributed by atoms with Crippen molar-refractivity contribution in [2.45, 2.75) is 32.2 Å². The van der Waals surface area contributed by atoms with Crippen LogP contribution in [0.5, 0.6) is 0 Å². The molecule has 3 nitrogen and oxygen atoms in total. The van der Waals surface area contributed by atoms with Gasteiger partial charge in [-0.1, -0.05) is 24.4 Å². The SMILES string of the molecule is CSCCCCCCn1c(N)nc2cc(Cl)ccc21. The van der Waals surface area contributed by atoms with Crippen molar-refractivity contribution >= 4 is 40.3 Å². The number of hydrogen-bond acceptors (Lipinski definition) is 3. The third-order valence-corrected chi connectivity index (χ3v) is 4.15. The van der Waals surface area contributed by atoms with Crippen molar-refractivity contribution in [3.63, 3.8) is 0 Å². The van der Waals surface area contributed by atoms with E-state index < -0.39 is 0 Å². The molecule has 0 bridgehead atoms. The second-order valence-electron chi connectivity index (χ2n) is 4.66. The average Bonchev–Trinajstić information content (AvgIpc) is 2.69. The number of hydrogen-bond donors (Lipinski definition) is 1. The van der Waals surface area contributed by atoms with E-state index in [-0.39, 0.29) is 0 Å². The summed E-state index contributed by atoms with van der Waals surface area (Å²) in [5, 5.41) is 0.703. The highest BCUT2D eigenvalue weighted by Crippen LogP contribution is 2.22. The van der Waals surface area contributed by atoms with Gasteiger partial charge in [-0.3, -0.25) is 0 Å². The van der Waals surface area contributed by atoms with Crippen molar-refractivity contribution in [1.29, 1.82) is 0 Å². The lowest BCUT2D eigenvalue weighted by Gasteiger charge is -2.06. The number of imidazole rings is 1. The van der Waals surface area contributed by atoms with Gasteiger partial charge < -0.3 is 10.3 Å². The quantitative estimate of drug-likeness (QED) is 0.779. The molecular formula is C14H20ClN3S. The summed E-state index contributed by atoms with van der Waals surface area (Å²) in [5.74, 6) is 1.84. The lowest BCUT2D eigenvalue weighted by atomic mass is 10.2. The number of unbranched alkanes of at least 4 members (excludes halogenated alkanes) is 3. The summed E-state index contributed by atoms with van der Waals surface area (Å²) in [4.78, 5) is 4.36. The largest absolute Gasteiger partial charge is 0.369 e. The van der Waals surface area contributed by atoms with E-state index in [0.29, 0.717) is 11.0 Å². The minimum Gasteiger partial charge on any atom is -0.369 e. The van der Waals surface area contributed by atoms with E-state index in [2.05, 4.69) is 15.8 Å². The van der Waals surface area contributed by atoms with Crippen LogP contribution in [0.3, 0.4) is 0 Å². The van der Waals surface area contributed by atoms with Crippen molar-refractivity contribution in [3.05, 3.63) is 23.2 Å². The summed E-state index contributed by atoms with van der Waals surface area (Å²) in [5.41, 5.74) is 7.93. The number of anilines is 1. The van der Waals surface area contributed by atoms with Crippen LogP contribution in [0.4, 0.5) is 5.95 Å². The Morgan fingerprint density at radius 3 is 2.84 bits per heavy atom. The molecule has 19 heavy (non-hydrogen) atoms. The molecule has 0 amide bonds. The first kappa shape index (κ1) is 14.5. The van der Waals surface area contributed by atoms with Gasteiger partial charge in [0.2, 0.25) is 5.95 Å². The molecule has 2 N–H and O–H groups in total. The fourth-order valence-corrected chi connectivity index (χ4v) is 2.89. The highest BCUT2D eigenvalue weighted by Gasteiger charge is 2.07. The third-order valence-electron chi connectivity index (χ3n) is 3.22. The molecule has 5 heteroatoms. The number of rotatable bonds is 7. The number of nitrogen functional groups attached to an aromatic ring is 1. The molecule has 2 rings (SSSR count). The van der Waals surface area contributed by atoms with Crippen LogP contribution in [0.25, 0.3) is 11.0 Å². The molecular weight excluding hydrogens is 278 g/mol. The van der Waals surface area contributed by atoms with Crippen molar-refractivity contribution in [2.24, 2.45) is 0 Å². The molecule has 1 heterocycles. The highest BCUT2D eigenvalue weighted by atomic mass is 35.5. The van der Waals surface area contributed by atoms with Crippen molar-refractivity contribution in [2.75, 3.05) is 17.7 Å². The zero-order chi connectivity index (χ0) is 13.7. The summed E-state index contributed by atoms with van der Waals surface area (Å²) in [6, 6.07) is 5.75. The van der Waals surface area contributed by atoms with Crippen LogP contribution in [0.2, 0.25) is 5.02 Å². The Kier molecular flexibility index (Phi) is 5.40. The second kappa shape index (κ2) is 7.06. The molecule has 0 aliphatic carbocycles. The molecule has 104 valence electrons.